The van der Waals surface area contributed by atoms with E-state index in [2.05, 4.69) is 10.3 Å². The van der Waals surface area contributed by atoms with E-state index in [-0.39, 0.29) is 16.5 Å². The summed E-state index contributed by atoms with van der Waals surface area (Å²) in [7, 11) is 0. The Kier molecular flexibility index (Phi) is 3.62. The highest BCUT2D eigenvalue weighted by Gasteiger charge is 2.17. The molecule has 2 rings (SSSR count). The third kappa shape index (κ3) is 2.79. The van der Waals surface area contributed by atoms with E-state index in [1.54, 1.807) is 0 Å². The fraction of sp³-hybridized carbons (Fsp3) is 0. The zero-order valence-corrected chi connectivity index (χ0v) is 10.2. The van der Waals surface area contributed by atoms with Crippen LogP contribution < -0.4 is 11.1 Å². The highest BCUT2D eigenvalue weighted by Crippen LogP contribution is 2.21. The standard InChI is InChI=1S/C12H8ClF2N3O/c13-6-4-5-9(16)17-10(6)12(19)18-11-7(14)2-1-3-8(11)15/h1-5H,(H2,16,17)(H,18,19). The Bertz CT molecular complexity index is 629. The second-order valence-corrected chi connectivity index (χ2v) is 4.02. The van der Waals surface area contributed by atoms with Gasteiger partial charge in [0.05, 0.1) is 5.02 Å². The summed E-state index contributed by atoms with van der Waals surface area (Å²) >= 11 is 5.77. The summed E-state index contributed by atoms with van der Waals surface area (Å²) in [6, 6.07) is 6.01. The van der Waals surface area contributed by atoms with Gasteiger partial charge in [0, 0.05) is 0 Å². The third-order valence-electron chi connectivity index (χ3n) is 2.28. The Balaban J connectivity index is 2.34. The number of nitrogen functional groups attached to an aromatic ring is 1. The van der Waals surface area contributed by atoms with Crippen molar-refractivity contribution < 1.29 is 13.6 Å². The van der Waals surface area contributed by atoms with Crippen molar-refractivity contribution in [3.8, 4) is 0 Å². The van der Waals surface area contributed by atoms with E-state index < -0.39 is 23.2 Å². The predicted molar refractivity (Wildman–Crippen MR) is 68.0 cm³/mol. The van der Waals surface area contributed by atoms with Crippen molar-refractivity contribution in [1.82, 2.24) is 4.98 Å². The van der Waals surface area contributed by atoms with Crippen LogP contribution in [0.5, 0.6) is 0 Å². The SMILES string of the molecule is Nc1ccc(Cl)c(C(=O)Nc2c(F)cccc2F)n1. The molecule has 1 aromatic carbocycles. The molecule has 4 nitrogen and oxygen atoms in total. The Morgan fingerprint density at radius 3 is 2.47 bits per heavy atom. The maximum atomic E-state index is 13.4. The minimum Gasteiger partial charge on any atom is -0.384 e. The predicted octanol–water partition coefficient (Wildman–Crippen LogP) is 2.85. The number of anilines is 2. The molecule has 0 fully saturated rings. The van der Waals surface area contributed by atoms with Crippen molar-refractivity contribution in [2.24, 2.45) is 0 Å². The molecule has 0 aliphatic rings. The summed E-state index contributed by atoms with van der Waals surface area (Å²) < 4.78 is 26.7. The summed E-state index contributed by atoms with van der Waals surface area (Å²) in [5.41, 5.74) is 4.65. The lowest BCUT2D eigenvalue weighted by molar-refractivity contribution is 0.102. The second kappa shape index (κ2) is 5.19. The minimum absolute atomic E-state index is 0.0310. The van der Waals surface area contributed by atoms with Crippen molar-refractivity contribution >= 4 is 29.0 Å². The molecule has 19 heavy (non-hydrogen) atoms. The van der Waals surface area contributed by atoms with Gasteiger partial charge in [0.1, 0.15) is 28.8 Å². The Hall–Kier alpha value is -2.21. The number of benzene rings is 1. The van der Waals surface area contributed by atoms with Crippen molar-refractivity contribution in [2.45, 2.75) is 0 Å². The molecular weight excluding hydrogens is 276 g/mol. The quantitative estimate of drug-likeness (QED) is 0.890. The Morgan fingerprint density at radius 2 is 1.84 bits per heavy atom. The molecule has 3 N–H and O–H groups in total. The van der Waals surface area contributed by atoms with E-state index in [0.717, 1.165) is 12.1 Å². The van der Waals surface area contributed by atoms with E-state index in [4.69, 9.17) is 17.3 Å². The molecule has 0 bridgehead atoms. The lowest BCUT2D eigenvalue weighted by Gasteiger charge is -2.08. The first kappa shape index (κ1) is 13.2. The fourth-order valence-electron chi connectivity index (χ4n) is 1.41. The molecule has 0 radical (unpaired) electrons. The molecule has 7 heteroatoms. The average Bonchev–Trinajstić information content (AvgIpc) is 2.37. The van der Waals surface area contributed by atoms with Crippen LogP contribution in [0.15, 0.2) is 30.3 Å². The van der Waals surface area contributed by atoms with Gasteiger partial charge in [-0.2, -0.15) is 0 Å². The van der Waals surface area contributed by atoms with Crippen LogP contribution in [0, 0.1) is 11.6 Å². The molecule has 1 amide bonds. The number of rotatable bonds is 2. The molecule has 1 heterocycles. The number of hydrogen-bond acceptors (Lipinski definition) is 3. The molecule has 1 aromatic heterocycles. The number of pyridine rings is 1. The van der Waals surface area contributed by atoms with Crippen molar-refractivity contribution in [1.29, 1.82) is 0 Å². The van der Waals surface area contributed by atoms with Crippen molar-refractivity contribution in [3.63, 3.8) is 0 Å². The van der Waals surface area contributed by atoms with Gasteiger partial charge in [0.25, 0.3) is 5.91 Å². The number of nitrogens with two attached hydrogens (primary N) is 1. The second-order valence-electron chi connectivity index (χ2n) is 3.62. The van der Waals surface area contributed by atoms with Crippen LogP contribution in [0.25, 0.3) is 0 Å². The molecule has 0 aliphatic heterocycles. The van der Waals surface area contributed by atoms with E-state index >= 15 is 0 Å². The van der Waals surface area contributed by atoms with Crippen LogP contribution in [0.1, 0.15) is 10.5 Å². The smallest absolute Gasteiger partial charge is 0.276 e. The molecule has 0 unspecified atom stereocenters. The summed E-state index contributed by atoms with van der Waals surface area (Å²) in [5, 5.41) is 2.10. The number of amides is 1. The third-order valence-corrected chi connectivity index (χ3v) is 2.59. The van der Waals surface area contributed by atoms with E-state index in [1.807, 2.05) is 0 Å². The maximum absolute atomic E-state index is 13.4. The van der Waals surface area contributed by atoms with Gasteiger partial charge < -0.3 is 11.1 Å². The fourth-order valence-corrected chi connectivity index (χ4v) is 1.60. The van der Waals surface area contributed by atoms with Gasteiger partial charge in [-0.1, -0.05) is 17.7 Å². The van der Waals surface area contributed by atoms with Crippen LogP contribution in [-0.4, -0.2) is 10.9 Å². The number of carbonyl (C=O) groups excluding carboxylic acids is 1. The highest BCUT2D eigenvalue weighted by molar-refractivity contribution is 6.34. The molecule has 0 atom stereocenters. The lowest BCUT2D eigenvalue weighted by atomic mass is 10.2. The summed E-state index contributed by atoms with van der Waals surface area (Å²) in [5.74, 6) is -2.56. The first-order valence-corrected chi connectivity index (χ1v) is 5.54. The maximum Gasteiger partial charge on any atom is 0.276 e. The van der Waals surface area contributed by atoms with Crippen LogP contribution >= 0.6 is 11.6 Å². The zero-order chi connectivity index (χ0) is 14.0. The van der Waals surface area contributed by atoms with Crippen LogP contribution in [0.2, 0.25) is 5.02 Å². The summed E-state index contributed by atoms with van der Waals surface area (Å²) in [6.45, 7) is 0. The monoisotopic (exact) mass is 283 g/mol. The van der Waals surface area contributed by atoms with Gasteiger partial charge in [-0.05, 0) is 24.3 Å². The van der Waals surface area contributed by atoms with Crippen molar-refractivity contribution in [3.05, 3.63) is 52.7 Å². The number of aromatic nitrogens is 1. The first-order valence-electron chi connectivity index (χ1n) is 5.16. The number of carbonyl (C=O) groups is 1. The average molecular weight is 284 g/mol. The van der Waals surface area contributed by atoms with Gasteiger partial charge in [-0.25, -0.2) is 13.8 Å². The molecular formula is C12H8ClF2N3O. The van der Waals surface area contributed by atoms with Gasteiger partial charge in [0.2, 0.25) is 0 Å². The Labute approximate surface area is 112 Å². The van der Waals surface area contributed by atoms with E-state index in [9.17, 15) is 13.6 Å². The lowest BCUT2D eigenvalue weighted by Crippen LogP contribution is -2.17. The van der Waals surface area contributed by atoms with E-state index in [1.165, 1.54) is 18.2 Å². The van der Waals surface area contributed by atoms with Gasteiger partial charge in [0.15, 0.2) is 0 Å². The van der Waals surface area contributed by atoms with Crippen LogP contribution in [0.4, 0.5) is 20.3 Å². The number of halogens is 3. The molecule has 2 aromatic rings. The van der Waals surface area contributed by atoms with E-state index in [0.29, 0.717) is 0 Å². The van der Waals surface area contributed by atoms with Crippen molar-refractivity contribution in [2.75, 3.05) is 11.1 Å². The van der Waals surface area contributed by atoms with Gasteiger partial charge in [-0.3, -0.25) is 4.79 Å². The largest absolute Gasteiger partial charge is 0.384 e. The van der Waals surface area contributed by atoms with Gasteiger partial charge in [-0.15, -0.1) is 0 Å². The topological polar surface area (TPSA) is 68.0 Å². The number of hydrogen-bond donors (Lipinski definition) is 2. The molecule has 0 saturated carbocycles. The minimum atomic E-state index is -0.895. The number of nitrogens with one attached hydrogen (secondary N) is 1. The number of para-hydroxylation sites is 1. The summed E-state index contributed by atoms with van der Waals surface area (Å²) in [6.07, 6.45) is 0. The zero-order valence-electron chi connectivity index (χ0n) is 9.45. The molecule has 0 aliphatic carbocycles. The molecule has 0 saturated heterocycles. The van der Waals surface area contributed by atoms with Gasteiger partial charge >= 0.3 is 0 Å². The van der Waals surface area contributed by atoms with Crippen LogP contribution in [0.3, 0.4) is 0 Å². The normalized spacial score (nSPS) is 10.3. The first-order chi connectivity index (χ1) is 8.99. The van der Waals surface area contributed by atoms with Crippen LogP contribution in [-0.2, 0) is 0 Å². The Morgan fingerprint density at radius 1 is 1.21 bits per heavy atom. The highest BCUT2D eigenvalue weighted by atomic mass is 35.5. The molecule has 0 spiro atoms. The molecule has 98 valence electrons. The number of nitrogens with zero attached hydrogens (tertiary/aromatic N) is 1. The summed E-state index contributed by atoms with van der Waals surface area (Å²) in [4.78, 5) is 15.6.